The molecule has 5 aromatic rings. The van der Waals surface area contributed by atoms with E-state index >= 15 is 0 Å². The number of sulfonamides is 1. The molecule has 14 heteroatoms. The zero-order valence-electron chi connectivity index (χ0n) is 22.7. The molecule has 2 aromatic heterocycles. The smallest absolute Gasteiger partial charge is 0.229 e. The van der Waals surface area contributed by atoms with E-state index in [9.17, 15) is 22.0 Å². The maximum absolute atomic E-state index is 14.7. The van der Waals surface area contributed by atoms with Crippen LogP contribution in [0.2, 0.25) is 0 Å². The quantitative estimate of drug-likeness (QED) is 0.176. The van der Waals surface area contributed by atoms with Crippen LogP contribution in [0.3, 0.4) is 0 Å². The molecule has 0 unspecified atom stereocenters. The number of hydrogen-bond acceptors (Lipinski definition) is 10. The predicted octanol–water partition coefficient (Wildman–Crippen LogP) is 4.52. The van der Waals surface area contributed by atoms with Gasteiger partial charge in [-0.3, -0.25) is 14.9 Å². The standard InChI is InChI=1S/C29H24F2N6O5S/c1-41-20-10-9-16(12-19(20)37-43(2,39)40)26(32)25-28(33)35-14-36-29(25)34-13-22-23(15-5-3-6-17(30)11-15)27(38)24-18(31)7-4-8-21(24)42-22/h3-12,14,32,37H,13H2,1-2H3,(H3,33,34,35,36). The van der Waals surface area contributed by atoms with Gasteiger partial charge in [0.05, 0.1) is 42.4 Å². The lowest BCUT2D eigenvalue weighted by Crippen LogP contribution is -2.17. The number of ether oxygens (including phenoxy) is 1. The van der Waals surface area contributed by atoms with E-state index in [1.165, 1.54) is 62.0 Å². The van der Waals surface area contributed by atoms with Gasteiger partial charge in [-0.05, 0) is 48.0 Å². The molecule has 11 nitrogen and oxygen atoms in total. The van der Waals surface area contributed by atoms with E-state index < -0.39 is 27.1 Å². The number of nitrogens with two attached hydrogens (primary N) is 1. The van der Waals surface area contributed by atoms with Gasteiger partial charge >= 0.3 is 0 Å². The van der Waals surface area contributed by atoms with E-state index in [0.29, 0.717) is 0 Å². The Morgan fingerprint density at radius 1 is 1.09 bits per heavy atom. The molecule has 43 heavy (non-hydrogen) atoms. The van der Waals surface area contributed by atoms with Crippen molar-refractivity contribution in [3.8, 4) is 16.9 Å². The van der Waals surface area contributed by atoms with E-state index in [4.69, 9.17) is 20.3 Å². The first kappa shape index (κ1) is 29.1. The summed E-state index contributed by atoms with van der Waals surface area (Å²) in [5.41, 5.74) is 5.82. The molecule has 220 valence electrons. The van der Waals surface area contributed by atoms with Crippen LogP contribution in [0.5, 0.6) is 5.75 Å². The fourth-order valence-electron chi connectivity index (χ4n) is 4.54. The second-order valence-electron chi connectivity index (χ2n) is 9.35. The number of fused-ring (bicyclic) bond motifs is 1. The lowest BCUT2D eigenvalue weighted by Gasteiger charge is -2.16. The number of halogens is 2. The summed E-state index contributed by atoms with van der Waals surface area (Å²) < 4.78 is 66.1. The summed E-state index contributed by atoms with van der Waals surface area (Å²) in [6.45, 7) is -0.201. The number of anilines is 3. The zero-order valence-corrected chi connectivity index (χ0v) is 23.6. The van der Waals surface area contributed by atoms with Gasteiger partial charge in [0, 0.05) is 5.56 Å². The molecule has 0 aliphatic carbocycles. The average molecular weight is 607 g/mol. The number of nitrogens with one attached hydrogen (secondary N) is 3. The Kier molecular flexibility index (Phi) is 7.78. The third-order valence-corrected chi connectivity index (χ3v) is 6.97. The average Bonchev–Trinajstić information content (AvgIpc) is 2.95. The highest BCUT2D eigenvalue weighted by molar-refractivity contribution is 7.92. The maximum atomic E-state index is 14.7. The highest BCUT2D eigenvalue weighted by Crippen LogP contribution is 2.31. The van der Waals surface area contributed by atoms with Crippen LogP contribution in [0.1, 0.15) is 16.9 Å². The Hall–Kier alpha value is -5.37. The summed E-state index contributed by atoms with van der Waals surface area (Å²) in [6.07, 6.45) is 2.14. The molecule has 2 heterocycles. The second-order valence-corrected chi connectivity index (χ2v) is 11.1. The van der Waals surface area contributed by atoms with Crippen molar-refractivity contribution < 1.29 is 26.4 Å². The van der Waals surface area contributed by atoms with Crippen molar-refractivity contribution in [1.82, 2.24) is 9.97 Å². The van der Waals surface area contributed by atoms with Crippen molar-refractivity contribution in [2.24, 2.45) is 0 Å². The van der Waals surface area contributed by atoms with E-state index in [2.05, 4.69) is 20.0 Å². The highest BCUT2D eigenvalue weighted by atomic mass is 32.2. The molecule has 0 radical (unpaired) electrons. The first-order chi connectivity index (χ1) is 20.5. The number of aromatic nitrogens is 2. The summed E-state index contributed by atoms with van der Waals surface area (Å²) in [6, 6.07) is 13.6. The molecule has 0 saturated heterocycles. The Morgan fingerprint density at radius 2 is 1.86 bits per heavy atom. The first-order valence-electron chi connectivity index (χ1n) is 12.6. The molecule has 0 atom stereocenters. The Labute approximate surface area is 243 Å². The van der Waals surface area contributed by atoms with Gasteiger partial charge in [-0.15, -0.1) is 0 Å². The monoisotopic (exact) mass is 606 g/mol. The molecular weight excluding hydrogens is 582 g/mol. The Bertz CT molecular complexity index is 2070. The molecule has 0 bridgehead atoms. The molecule has 0 spiro atoms. The van der Waals surface area contributed by atoms with E-state index in [-0.39, 0.29) is 74.3 Å². The fourth-order valence-corrected chi connectivity index (χ4v) is 5.10. The van der Waals surface area contributed by atoms with E-state index in [0.717, 1.165) is 18.4 Å². The van der Waals surface area contributed by atoms with Crippen molar-refractivity contribution in [3.63, 3.8) is 0 Å². The number of nitrogen functional groups attached to an aromatic ring is 1. The van der Waals surface area contributed by atoms with Gasteiger partial charge in [0.15, 0.2) is 0 Å². The van der Waals surface area contributed by atoms with Gasteiger partial charge in [-0.2, -0.15) is 0 Å². The van der Waals surface area contributed by atoms with Gasteiger partial charge in [-0.25, -0.2) is 27.2 Å². The van der Waals surface area contributed by atoms with Crippen molar-refractivity contribution >= 4 is 44.0 Å². The lowest BCUT2D eigenvalue weighted by atomic mass is 10.0. The van der Waals surface area contributed by atoms with E-state index in [1.54, 1.807) is 0 Å². The van der Waals surface area contributed by atoms with Crippen molar-refractivity contribution in [3.05, 3.63) is 106 Å². The number of nitrogens with zero attached hydrogens (tertiary/aromatic N) is 2. The molecule has 0 amide bonds. The van der Waals surface area contributed by atoms with Gasteiger partial charge in [0.2, 0.25) is 15.5 Å². The normalized spacial score (nSPS) is 11.3. The molecule has 0 aliphatic heterocycles. The lowest BCUT2D eigenvalue weighted by molar-refractivity contribution is 0.417. The Balaban J connectivity index is 1.57. The van der Waals surface area contributed by atoms with Gasteiger partial charge in [0.25, 0.3) is 0 Å². The minimum atomic E-state index is -3.67. The molecular formula is C29H24F2N6O5S. The van der Waals surface area contributed by atoms with Gasteiger partial charge < -0.3 is 20.2 Å². The van der Waals surface area contributed by atoms with Gasteiger partial charge in [0.1, 0.15) is 52.1 Å². The number of methoxy groups -OCH3 is 1. The molecule has 0 aliphatic rings. The third-order valence-electron chi connectivity index (χ3n) is 6.38. The molecule has 5 N–H and O–H groups in total. The summed E-state index contributed by atoms with van der Waals surface area (Å²) >= 11 is 0. The van der Waals surface area contributed by atoms with Crippen LogP contribution in [-0.2, 0) is 16.6 Å². The number of hydrogen-bond donors (Lipinski definition) is 4. The van der Waals surface area contributed by atoms with Crippen molar-refractivity contribution in [2.45, 2.75) is 6.54 Å². The summed E-state index contributed by atoms with van der Waals surface area (Å²) in [5.74, 6) is -1.10. The van der Waals surface area contributed by atoms with Crippen LogP contribution in [0.25, 0.3) is 22.1 Å². The Morgan fingerprint density at radius 3 is 2.58 bits per heavy atom. The summed E-state index contributed by atoms with van der Waals surface area (Å²) in [7, 11) is -2.30. The maximum Gasteiger partial charge on any atom is 0.229 e. The second kappa shape index (κ2) is 11.5. The van der Waals surface area contributed by atoms with E-state index in [1.807, 2.05) is 0 Å². The zero-order chi connectivity index (χ0) is 30.9. The fraction of sp³-hybridized carbons (Fsp3) is 0.103. The molecule has 3 aromatic carbocycles. The van der Waals surface area contributed by atoms with Crippen LogP contribution >= 0.6 is 0 Å². The first-order valence-corrected chi connectivity index (χ1v) is 14.5. The largest absolute Gasteiger partial charge is 0.495 e. The molecule has 0 fully saturated rings. The summed E-state index contributed by atoms with van der Waals surface area (Å²) in [4.78, 5) is 21.7. The van der Waals surface area contributed by atoms with Crippen LogP contribution < -0.4 is 25.9 Å². The minimum Gasteiger partial charge on any atom is -0.495 e. The van der Waals surface area contributed by atoms with Crippen LogP contribution in [-0.4, -0.2) is 37.5 Å². The minimum absolute atomic E-state index is 0.0127. The SMILES string of the molecule is COc1ccc(C(=N)c2c(N)ncnc2NCc2oc3cccc(F)c3c(=O)c2-c2cccc(F)c2)cc1NS(C)(=O)=O. The van der Waals surface area contributed by atoms with Crippen LogP contribution in [0, 0.1) is 17.0 Å². The molecule has 0 saturated carbocycles. The van der Waals surface area contributed by atoms with Crippen molar-refractivity contribution in [2.75, 3.05) is 29.1 Å². The third kappa shape index (κ3) is 5.99. The topological polar surface area (TPSA) is 173 Å². The summed E-state index contributed by atoms with van der Waals surface area (Å²) in [5, 5.41) is 11.6. The highest BCUT2D eigenvalue weighted by Gasteiger charge is 2.22. The van der Waals surface area contributed by atoms with Gasteiger partial charge in [-0.1, -0.05) is 18.2 Å². The van der Waals surface area contributed by atoms with Crippen LogP contribution in [0.4, 0.5) is 26.1 Å². The molecule has 5 rings (SSSR count). The number of rotatable bonds is 9. The van der Waals surface area contributed by atoms with Crippen molar-refractivity contribution in [1.29, 1.82) is 5.41 Å². The number of benzene rings is 3. The predicted molar refractivity (Wildman–Crippen MR) is 159 cm³/mol. The van der Waals surface area contributed by atoms with Crippen LogP contribution in [0.15, 0.2) is 76.2 Å².